The van der Waals surface area contributed by atoms with E-state index in [0.717, 1.165) is 28.0 Å². The van der Waals surface area contributed by atoms with Gasteiger partial charge in [0.05, 0.1) is 19.5 Å². The molecule has 5 rings (SSSR count). The Morgan fingerprint density at radius 3 is 2.12 bits per heavy atom. The molecule has 2 N–H and O–H groups in total. The molecule has 1 unspecified atom stereocenters. The van der Waals surface area contributed by atoms with Crippen LogP contribution in [0.25, 0.3) is 21.8 Å². The van der Waals surface area contributed by atoms with Crippen molar-refractivity contribution >= 4 is 56.8 Å². The smallest absolute Gasteiger partial charge is 0.263 e. The standard InChI is InChI=1S/C32H31N3O4S/c1-5-35-26-10-7-6-9-24(26)25-19-22(15-18-27(25)35)34-31(36)20(2)40-23-16-13-21(14-17-23)33-32(37)30-28(38-3)11-8-12-29(30)39-4/h6-20H,5H2,1-4H3,(H,33,37)(H,34,36). The lowest BCUT2D eigenvalue weighted by Gasteiger charge is -2.14. The summed E-state index contributed by atoms with van der Waals surface area (Å²) < 4.78 is 13.0. The summed E-state index contributed by atoms with van der Waals surface area (Å²) in [6.45, 7) is 4.89. The lowest BCUT2D eigenvalue weighted by molar-refractivity contribution is -0.115. The molecule has 0 bridgehead atoms. The number of carbonyl (C=O) groups excluding carboxylic acids is 2. The molecule has 204 valence electrons. The topological polar surface area (TPSA) is 81.6 Å². The molecule has 1 aromatic heterocycles. The number of carbonyl (C=O) groups is 2. The van der Waals surface area contributed by atoms with E-state index in [-0.39, 0.29) is 17.1 Å². The van der Waals surface area contributed by atoms with Crippen molar-refractivity contribution in [3.05, 3.63) is 90.5 Å². The minimum Gasteiger partial charge on any atom is -0.496 e. The highest BCUT2D eigenvalue weighted by Gasteiger charge is 2.19. The minimum atomic E-state index is -0.332. The number of methoxy groups -OCH3 is 2. The average molecular weight is 554 g/mol. The molecule has 1 heterocycles. The number of aromatic nitrogens is 1. The predicted molar refractivity (Wildman–Crippen MR) is 163 cm³/mol. The van der Waals surface area contributed by atoms with Crippen molar-refractivity contribution in [3.63, 3.8) is 0 Å². The zero-order valence-corrected chi connectivity index (χ0v) is 23.7. The van der Waals surface area contributed by atoms with Crippen LogP contribution in [0.4, 0.5) is 11.4 Å². The Labute approximate surface area is 237 Å². The van der Waals surface area contributed by atoms with Gasteiger partial charge in [-0.3, -0.25) is 9.59 Å². The predicted octanol–water partition coefficient (Wildman–Crippen LogP) is 7.20. The molecule has 2 amide bonds. The molecule has 0 saturated carbocycles. The molecule has 1 atom stereocenters. The van der Waals surface area contributed by atoms with Crippen molar-refractivity contribution in [2.24, 2.45) is 0 Å². The highest BCUT2D eigenvalue weighted by molar-refractivity contribution is 8.00. The zero-order valence-electron chi connectivity index (χ0n) is 22.9. The number of aryl methyl sites for hydroxylation is 1. The van der Waals surface area contributed by atoms with E-state index in [9.17, 15) is 9.59 Å². The second-order valence-electron chi connectivity index (χ2n) is 9.26. The van der Waals surface area contributed by atoms with Gasteiger partial charge in [-0.1, -0.05) is 24.3 Å². The van der Waals surface area contributed by atoms with Gasteiger partial charge in [0, 0.05) is 44.6 Å². The van der Waals surface area contributed by atoms with Gasteiger partial charge in [-0.25, -0.2) is 0 Å². The number of rotatable bonds is 9. The van der Waals surface area contributed by atoms with Crippen LogP contribution >= 0.6 is 11.8 Å². The van der Waals surface area contributed by atoms with Crippen molar-refractivity contribution in [2.75, 3.05) is 24.9 Å². The zero-order chi connectivity index (χ0) is 28.2. The van der Waals surface area contributed by atoms with E-state index in [1.165, 1.54) is 36.9 Å². The third-order valence-corrected chi connectivity index (χ3v) is 7.92. The third-order valence-electron chi connectivity index (χ3n) is 6.81. The Kier molecular flexibility index (Phi) is 7.98. The van der Waals surface area contributed by atoms with Gasteiger partial charge >= 0.3 is 0 Å². The van der Waals surface area contributed by atoms with Crippen LogP contribution in [0.3, 0.4) is 0 Å². The molecular weight excluding hydrogens is 522 g/mol. The first-order valence-electron chi connectivity index (χ1n) is 13.0. The summed E-state index contributed by atoms with van der Waals surface area (Å²) in [6.07, 6.45) is 0. The van der Waals surface area contributed by atoms with Gasteiger partial charge in [0.2, 0.25) is 5.91 Å². The Hall–Kier alpha value is -4.43. The first-order valence-corrected chi connectivity index (χ1v) is 13.9. The molecule has 0 saturated heterocycles. The minimum absolute atomic E-state index is 0.0794. The van der Waals surface area contributed by atoms with Gasteiger partial charge in [-0.05, 0) is 74.5 Å². The van der Waals surface area contributed by atoms with E-state index in [1.807, 2.05) is 55.5 Å². The number of nitrogens with one attached hydrogen (secondary N) is 2. The van der Waals surface area contributed by atoms with Crippen molar-refractivity contribution in [2.45, 2.75) is 30.5 Å². The van der Waals surface area contributed by atoms with Crippen molar-refractivity contribution in [1.29, 1.82) is 0 Å². The first kappa shape index (κ1) is 27.1. The lowest BCUT2D eigenvalue weighted by Crippen LogP contribution is -2.22. The van der Waals surface area contributed by atoms with Crippen LogP contribution in [-0.2, 0) is 11.3 Å². The maximum absolute atomic E-state index is 13.1. The summed E-state index contributed by atoms with van der Waals surface area (Å²) in [5, 5.41) is 7.93. The number of benzene rings is 4. The molecule has 0 aliphatic heterocycles. The fraction of sp³-hybridized carbons (Fsp3) is 0.188. The monoisotopic (exact) mass is 553 g/mol. The number of hydrogen-bond acceptors (Lipinski definition) is 5. The molecule has 40 heavy (non-hydrogen) atoms. The van der Waals surface area contributed by atoms with E-state index < -0.39 is 0 Å². The van der Waals surface area contributed by atoms with E-state index in [2.05, 4.69) is 40.3 Å². The maximum atomic E-state index is 13.1. The number of hydrogen-bond donors (Lipinski definition) is 2. The molecule has 0 aliphatic rings. The largest absolute Gasteiger partial charge is 0.496 e. The molecular formula is C32H31N3O4S. The van der Waals surface area contributed by atoms with Gasteiger partial charge in [0.1, 0.15) is 17.1 Å². The second kappa shape index (κ2) is 11.8. The summed E-state index contributed by atoms with van der Waals surface area (Å²) >= 11 is 1.45. The van der Waals surface area contributed by atoms with Gasteiger partial charge in [0.15, 0.2) is 0 Å². The fourth-order valence-corrected chi connectivity index (χ4v) is 5.73. The summed E-state index contributed by atoms with van der Waals surface area (Å²) in [6, 6.07) is 27.0. The SMILES string of the molecule is CCn1c2ccccc2c2cc(NC(=O)C(C)Sc3ccc(NC(=O)c4c(OC)cccc4OC)cc3)ccc21. The maximum Gasteiger partial charge on any atom is 0.263 e. The van der Waals surface area contributed by atoms with Gasteiger partial charge in [0.25, 0.3) is 5.91 Å². The van der Waals surface area contributed by atoms with Crippen molar-refractivity contribution < 1.29 is 19.1 Å². The summed E-state index contributed by atoms with van der Waals surface area (Å²) in [5.74, 6) is 0.448. The van der Waals surface area contributed by atoms with Crippen LogP contribution in [0.15, 0.2) is 89.8 Å². The first-order chi connectivity index (χ1) is 19.4. The van der Waals surface area contributed by atoms with E-state index in [1.54, 1.807) is 18.2 Å². The quantitative estimate of drug-likeness (QED) is 0.189. The number of para-hydroxylation sites is 1. The summed E-state index contributed by atoms with van der Waals surface area (Å²) in [5.41, 5.74) is 4.07. The van der Waals surface area contributed by atoms with E-state index in [4.69, 9.17) is 9.47 Å². The molecule has 0 aliphatic carbocycles. The van der Waals surface area contributed by atoms with Crippen LogP contribution in [-0.4, -0.2) is 35.9 Å². The number of thioether (sulfide) groups is 1. The van der Waals surface area contributed by atoms with E-state index >= 15 is 0 Å². The summed E-state index contributed by atoms with van der Waals surface area (Å²) in [4.78, 5) is 26.9. The Morgan fingerprint density at radius 1 is 0.800 bits per heavy atom. The number of ether oxygens (including phenoxy) is 2. The second-order valence-corrected chi connectivity index (χ2v) is 10.7. The van der Waals surface area contributed by atoms with Gasteiger partial charge in [-0.2, -0.15) is 0 Å². The number of anilines is 2. The number of amides is 2. The Balaban J connectivity index is 1.25. The van der Waals surface area contributed by atoms with E-state index in [0.29, 0.717) is 22.7 Å². The van der Waals surface area contributed by atoms with Crippen LogP contribution in [0.1, 0.15) is 24.2 Å². The molecule has 7 nitrogen and oxygen atoms in total. The number of fused-ring (bicyclic) bond motifs is 3. The third kappa shape index (κ3) is 5.35. The molecule has 8 heteroatoms. The normalized spacial score (nSPS) is 11.8. The van der Waals surface area contributed by atoms with Gasteiger partial charge in [-0.15, -0.1) is 11.8 Å². The molecule has 0 fully saturated rings. The summed E-state index contributed by atoms with van der Waals surface area (Å²) in [7, 11) is 3.02. The Morgan fingerprint density at radius 2 is 1.45 bits per heavy atom. The van der Waals surface area contributed by atoms with Crippen LogP contribution in [0, 0.1) is 0 Å². The molecule has 0 radical (unpaired) electrons. The van der Waals surface area contributed by atoms with Gasteiger partial charge < -0.3 is 24.7 Å². The van der Waals surface area contributed by atoms with Crippen LogP contribution < -0.4 is 20.1 Å². The average Bonchev–Trinajstić information content (AvgIpc) is 3.30. The van der Waals surface area contributed by atoms with Crippen LogP contribution in [0.5, 0.6) is 11.5 Å². The van der Waals surface area contributed by atoms with Crippen molar-refractivity contribution in [1.82, 2.24) is 4.57 Å². The number of nitrogens with zero attached hydrogens (tertiary/aromatic N) is 1. The highest BCUT2D eigenvalue weighted by Crippen LogP contribution is 2.32. The fourth-order valence-electron chi connectivity index (χ4n) is 4.86. The molecule has 5 aromatic rings. The Bertz CT molecular complexity index is 1670. The van der Waals surface area contributed by atoms with Crippen molar-refractivity contribution in [3.8, 4) is 11.5 Å². The molecule has 0 spiro atoms. The highest BCUT2D eigenvalue weighted by atomic mass is 32.2. The van der Waals surface area contributed by atoms with Crippen LogP contribution in [0.2, 0.25) is 0 Å². The molecule has 4 aromatic carbocycles. The lowest BCUT2D eigenvalue weighted by atomic mass is 10.1.